The maximum absolute atomic E-state index is 13.1. The second kappa shape index (κ2) is 10.2. The Bertz CT molecular complexity index is 1070. The van der Waals surface area contributed by atoms with E-state index in [1.54, 1.807) is 30.0 Å². The monoisotopic (exact) mass is 464 g/mol. The van der Waals surface area contributed by atoms with E-state index in [1.807, 2.05) is 6.26 Å². The van der Waals surface area contributed by atoms with E-state index >= 15 is 0 Å². The van der Waals surface area contributed by atoms with Gasteiger partial charge in [0.2, 0.25) is 0 Å². The number of hydrogen-bond acceptors (Lipinski definition) is 7. The molecule has 0 atom stereocenters. The number of para-hydroxylation sites is 1. The van der Waals surface area contributed by atoms with E-state index < -0.39 is 16.0 Å². The van der Waals surface area contributed by atoms with Crippen LogP contribution in [0.5, 0.6) is 0 Å². The van der Waals surface area contributed by atoms with Crippen LogP contribution >= 0.6 is 11.8 Å². The molecule has 10 heteroatoms. The number of ether oxygens (including phenoxy) is 2. The van der Waals surface area contributed by atoms with Crippen LogP contribution in [0, 0.1) is 0 Å². The molecule has 1 heterocycles. The number of sulfonamides is 1. The van der Waals surface area contributed by atoms with Crippen molar-refractivity contribution in [1.82, 2.24) is 4.90 Å². The lowest BCUT2D eigenvalue weighted by molar-refractivity contribution is 0.0300. The van der Waals surface area contributed by atoms with Crippen LogP contribution in [0.2, 0.25) is 0 Å². The van der Waals surface area contributed by atoms with Gasteiger partial charge in [-0.15, -0.1) is 11.8 Å². The molecule has 8 nitrogen and oxygen atoms in total. The van der Waals surface area contributed by atoms with E-state index in [1.165, 1.54) is 36.0 Å². The summed E-state index contributed by atoms with van der Waals surface area (Å²) >= 11 is 1.37. The minimum atomic E-state index is -4.06. The summed E-state index contributed by atoms with van der Waals surface area (Å²) in [6.45, 7) is 3.65. The average Bonchev–Trinajstić information content (AvgIpc) is 2.79. The normalized spacial score (nSPS) is 14.2. The van der Waals surface area contributed by atoms with Crippen LogP contribution in [0.15, 0.2) is 52.3 Å². The number of anilines is 1. The number of nitrogens with one attached hydrogen (secondary N) is 1. The van der Waals surface area contributed by atoms with E-state index in [9.17, 15) is 18.0 Å². The Hall–Kier alpha value is -2.56. The van der Waals surface area contributed by atoms with Gasteiger partial charge in [-0.25, -0.2) is 13.2 Å². The molecule has 1 amide bonds. The number of rotatable bonds is 7. The first-order chi connectivity index (χ1) is 14.9. The number of carbonyl (C=O) groups is 2. The molecular formula is C21H24N2O6S2. The Morgan fingerprint density at radius 3 is 2.52 bits per heavy atom. The first-order valence-corrected chi connectivity index (χ1v) is 12.4. The summed E-state index contributed by atoms with van der Waals surface area (Å²) in [5, 5.41) is 0. The van der Waals surface area contributed by atoms with Gasteiger partial charge >= 0.3 is 5.97 Å². The van der Waals surface area contributed by atoms with Crippen LogP contribution < -0.4 is 4.72 Å². The molecular weight excluding hydrogens is 440 g/mol. The molecule has 1 aliphatic heterocycles. The van der Waals surface area contributed by atoms with Crippen LogP contribution in [0.3, 0.4) is 0 Å². The molecule has 2 aromatic rings. The van der Waals surface area contributed by atoms with Crippen LogP contribution in [-0.2, 0) is 19.5 Å². The predicted molar refractivity (Wildman–Crippen MR) is 118 cm³/mol. The van der Waals surface area contributed by atoms with Gasteiger partial charge in [0.25, 0.3) is 15.9 Å². The molecule has 1 fully saturated rings. The van der Waals surface area contributed by atoms with E-state index in [4.69, 9.17) is 9.47 Å². The van der Waals surface area contributed by atoms with E-state index in [2.05, 4.69) is 4.72 Å². The number of benzene rings is 2. The molecule has 1 saturated heterocycles. The highest BCUT2D eigenvalue weighted by molar-refractivity contribution is 7.98. The third-order valence-corrected chi connectivity index (χ3v) is 6.84. The molecule has 0 unspecified atom stereocenters. The summed E-state index contributed by atoms with van der Waals surface area (Å²) in [4.78, 5) is 27.4. The van der Waals surface area contributed by atoms with Crippen molar-refractivity contribution in [3.63, 3.8) is 0 Å². The number of esters is 1. The van der Waals surface area contributed by atoms with Gasteiger partial charge < -0.3 is 14.4 Å². The van der Waals surface area contributed by atoms with Gasteiger partial charge in [0, 0.05) is 18.0 Å². The maximum Gasteiger partial charge on any atom is 0.340 e. The molecule has 0 spiro atoms. The minimum absolute atomic E-state index is 0.0689. The lowest BCUT2D eigenvalue weighted by atomic mass is 10.2. The average molecular weight is 465 g/mol. The Kier molecular flexibility index (Phi) is 7.58. The standard InChI is InChI=1S/C21H24N2O6S2/c1-3-29-21(25)16-6-4-5-7-18(16)22-31(26,27)15-8-9-19(30-2)17(14-15)20(24)23-10-12-28-13-11-23/h4-9,14,22H,3,10-13H2,1-2H3. The molecule has 0 radical (unpaired) electrons. The highest BCUT2D eigenvalue weighted by Gasteiger charge is 2.25. The summed E-state index contributed by atoms with van der Waals surface area (Å²) in [6, 6.07) is 10.6. The predicted octanol–water partition coefficient (Wildman–Crippen LogP) is 2.86. The zero-order valence-corrected chi connectivity index (χ0v) is 18.9. The Morgan fingerprint density at radius 1 is 1.13 bits per heavy atom. The lowest BCUT2D eigenvalue weighted by Gasteiger charge is -2.27. The number of thioether (sulfide) groups is 1. The van der Waals surface area contributed by atoms with E-state index in [0.29, 0.717) is 36.8 Å². The smallest absolute Gasteiger partial charge is 0.340 e. The van der Waals surface area contributed by atoms with Crippen LogP contribution in [0.4, 0.5) is 5.69 Å². The number of morpholine rings is 1. The van der Waals surface area contributed by atoms with Gasteiger partial charge in [0.1, 0.15) is 0 Å². The highest BCUT2D eigenvalue weighted by atomic mass is 32.2. The zero-order valence-electron chi connectivity index (χ0n) is 17.3. The largest absolute Gasteiger partial charge is 0.462 e. The van der Waals surface area contributed by atoms with Gasteiger partial charge in [-0.3, -0.25) is 9.52 Å². The molecule has 166 valence electrons. The quantitative estimate of drug-likeness (QED) is 0.497. The van der Waals surface area contributed by atoms with Crippen molar-refractivity contribution in [2.45, 2.75) is 16.7 Å². The third kappa shape index (κ3) is 5.38. The SMILES string of the molecule is CCOC(=O)c1ccccc1NS(=O)(=O)c1ccc(SC)c(C(=O)N2CCOCC2)c1. The second-order valence-electron chi connectivity index (χ2n) is 6.64. The van der Waals surface area contributed by atoms with Gasteiger partial charge in [-0.1, -0.05) is 12.1 Å². The topological polar surface area (TPSA) is 102 Å². The number of nitrogens with zero attached hydrogens (tertiary/aromatic N) is 1. The minimum Gasteiger partial charge on any atom is -0.462 e. The van der Waals surface area contributed by atoms with Crippen molar-refractivity contribution in [2.75, 3.05) is 43.9 Å². The van der Waals surface area contributed by atoms with Crippen molar-refractivity contribution in [3.8, 4) is 0 Å². The first kappa shape index (κ1) is 23.1. The molecule has 0 aromatic heterocycles. The third-order valence-electron chi connectivity index (χ3n) is 4.68. The maximum atomic E-state index is 13.1. The zero-order chi connectivity index (χ0) is 22.4. The second-order valence-corrected chi connectivity index (χ2v) is 9.17. The van der Waals surface area contributed by atoms with Gasteiger partial charge in [-0.05, 0) is 43.5 Å². The molecule has 2 aromatic carbocycles. The number of hydrogen-bond donors (Lipinski definition) is 1. The summed E-state index contributed by atoms with van der Waals surface area (Å²) < 4.78 is 38.9. The summed E-state index contributed by atoms with van der Waals surface area (Å²) in [7, 11) is -4.06. The molecule has 1 N–H and O–H groups in total. The molecule has 0 aliphatic carbocycles. The van der Waals surface area contributed by atoms with Gasteiger partial charge in [-0.2, -0.15) is 0 Å². The van der Waals surface area contributed by atoms with Crippen LogP contribution in [-0.4, -0.2) is 64.4 Å². The number of amides is 1. The summed E-state index contributed by atoms with van der Waals surface area (Å²) in [5.74, 6) is -0.863. The fourth-order valence-electron chi connectivity index (χ4n) is 3.12. The fraction of sp³-hybridized carbons (Fsp3) is 0.333. The number of carbonyl (C=O) groups excluding carboxylic acids is 2. The van der Waals surface area contributed by atoms with E-state index in [-0.39, 0.29) is 28.7 Å². The molecule has 0 bridgehead atoms. The summed E-state index contributed by atoms with van der Waals surface area (Å²) in [5.41, 5.74) is 0.533. The highest BCUT2D eigenvalue weighted by Crippen LogP contribution is 2.27. The summed E-state index contributed by atoms with van der Waals surface area (Å²) in [6.07, 6.45) is 1.83. The molecule has 0 saturated carbocycles. The first-order valence-electron chi connectivity index (χ1n) is 9.71. The Labute approximate surface area is 186 Å². The van der Waals surface area contributed by atoms with E-state index in [0.717, 1.165) is 0 Å². The van der Waals surface area contributed by atoms with Crippen molar-refractivity contribution in [3.05, 3.63) is 53.6 Å². The molecule has 3 rings (SSSR count). The lowest BCUT2D eigenvalue weighted by Crippen LogP contribution is -2.41. The van der Waals surface area contributed by atoms with Crippen molar-refractivity contribution >= 4 is 39.3 Å². The molecule has 31 heavy (non-hydrogen) atoms. The van der Waals surface area contributed by atoms with Gasteiger partial charge in [0.15, 0.2) is 0 Å². The van der Waals surface area contributed by atoms with Crippen LogP contribution in [0.25, 0.3) is 0 Å². The Morgan fingerprint density at radius 2 is 1.84 bits per heavy atom. The van der Waals surface area contributed by atoms with Crippen molar-refractivity contribution in [2.24, 2.45) is 0 Å². The van der Waals surface area contributed by atoms with Crippen molar-refractivity contribution < 1.29 is 27.5 Å². The molecule has 1 aliphatic rings. The van der Waals surface area contributed by atoms with Crippen LogP contribution in [0.1, 0.15) is 27.6 Å². The van der Waals surface area contributed by atoms with Crippen molar-refractivity contribution in [1.29, 1.82) is 0 Å². The fourth-order valence-corrected chi connectivity index (χ4v) is 4.80. The Balaban J connectivity index is 1.93. The van der Waals surface area contributed by atoms with Gasteiger partial charge in [0.05, 0.1) is 41.5 Å².